The van der Waals surface area contributed by atoms with Crippen LogP contribution in [0.2, 0.25) is 0 Å². The number of rotatable bonds is 7. The molecule has 34 heavy (non-hydrogen) atoms. The molecule has 0 radical (unpaired) electrons. The average molecular weight is 504 g/mol. The molecule has 3 saturated heterocycles. The van der Waals surface area contributed by atoms with Gasteiger partial charge in [0.1, 0.15) is 73.2 Å². The molecule has 1 unspecified atom stereocenters. The van der Waals surface area contributed by atoms with Gasteiger partial charge in [-0.2, -0.15) is 0 Å². The van der Waals surface area contributed by atoms with Crippen molar-refractivity contribution in [1.82, 2.24) is 0 Å². The molecule has 0 aromatic heterocycles. The van der Waals surface area contributed by atoms with E-state index in [0.29, 0.717) is 0 Å². The minimum absolute atomic E-state index is 0.741. The average Bonchev–Trinajstić information content (AvgIpc) is 2.83. The molecule has 0 spiro atoms. The van der Waals surface area contributed by atoms with E-state index in [-0.39, 0.29) is 0 Å². The van der Waals surface area contributed by atoms with Crippen molar-refractivity contribution in [2.75, 3.05) is 19.8 Å². The van der Waals surface area contributed by atoms with Crippen LogP contribution < -0.4 is 0 Å². The Labute approximate surface area is 192 Å². The topological polar surface area (TPSA) is 269 Å². The van der Waals surface area contributed by atoms with Crippen molar-refractivity contribution in [2.45, 2.75) is 92.1 Å². The van der Waals surface area contributed by atoms with Gasteiger partial charge in [0.05, 0.1) is 19.8 Å². The Bertz CT molecular complexity index is 635. The van der Waals surface area contributed by atoms with E-state index in [9.17, 15) is 56.2 Å². The van der Waals surface area contributed by atoms with E-state index >= 15 is 0 Å². The molecule has 0 aliphatic carbocycles. The number of hydrogen-bond acceptors (Lipinski definition) is 16. The van der Waals surface area contributed by atoms with Crippen LogP contribution in [-0.2, 0) is 23.7 Å². The third kappa shape index (κ3) is 5.37. The number of aliphatic hydroxyl groups excluding tert-OH is 11. The lowest BCUT2D eigenvalue weighted by Gasteiger charge is -2.47. The van der Waals surface area contributed by atoms with Gasteiger partial charge in [0.25, 0.3) is 0 Å². The minimum Gasteiger partial charge on any atom is -0.394 e. The second-order valence-electron chi connectivity index (χ2n) is 8.33. The van der Waals surface area contributed by atoms with Crippen molar-refractivity contribution in [2.24, 2.45) is 0 Å². The first-order valence-corrected chi connectivity index (χ1v) is 10.6. The Morgan fingerprint density at radius 2 is 0.853 bits per heavy atom. The first-order chi connectivity index (χ1) is 16.0. The fraction of sp³-hybridized carbons (Fsp3) is 1.00. The zero-order valence-corrected chi connectivity index (χ0v) is 17.7. The van der Waals surface area contributed by atoms with E-state index in [4.69, 9.17) is 23.7 Å². The lowest BCUT2D eigenvalue weighted by molar-refractivity contribution is -0.377. The second kappa shape index (κ2) is 11.6. The van der Waals surface area contributed by atoms with E-state index < -0.39 is 112 Å². The number of aliphatic hydroxyl groups is 11. The molecular weight excluding hydrogens is 472 g/mol. The molecule has 16 heteroatoms. The number of hydrogen-bond donors (Lipinski definition) is 11. The molecule has 16 nitrogen and oxygen atoms in total. The maximum atomic E-state index is 10.6. The Kier molecular flexibility index (Phi) is 9.54. The molecule has 15 atom stereocenters. The van der Waals surface area contributed by atoms with Crippen LogP contribution >= 0.6 is 0 Å². The maximum absolute atomic E-state index is 10.6. The summed E-state index contributed by atoms with van der Waals surface area (Å²) < 4.78 is 26.4. The van der Waals surface area contributed by atoms with Gasteiger partial charge in [-0.25, -0.2) is 0 Å². The monoisotopic (exact) mass is 504 g/mol. The normalized spacial score (nSPS) is 52.5. The third-order valence-electron chi connectivity index (χ3n) is 6.09. The van der Waals surface area contributed by atoms with Crippen LogP contribution in [0.25, 0.3) is 0 Å². The molecule has 0 saturated carbocycles. The van der Waals surface area contributed by atoms with Crippen LogP contribution in [0.5, 0.6) is 0 Å². The summed E-state index contributed by atoms with van der Waals surface area (Å²) in [4.78, 5) is 0. The second-order valence-corrected chi connectivity index (χ2v) is 8.33. The summed E-state index contributed by atoms with van der Waals surface area (Å²) >= 11 is 0. The minimum atomic E-state index is -1.91. The van der Waals surface area contributed by atoms with Crippen LogP contribution in [-0.4, -0.2) is 168 Å². The van der Waals surface area contributed by atoms with Crippen LogP contribution in [0.15, 0.2) is 0 Å². The van der Waals surface area contributed by atoms with Gasteiger partial charge in [-0.05, 0) is 0 Å². The zero-order chi connectivity index (χ0) is 25.3. The lowest BCUT2D eigenvalue weighted by atomic mass is 9.96. The van der Waals surface area contributed by atoms with E-state index in [2.05, 4.69) is 0 Å². The van der Waals surface area contributed by atoms with Gasteiger partial charge >= 0.3 is 0 Å². The van der Waals surface area contributed by atoms with Gasteiger partial charge in [0.15, 0.2) is 18.9 Å². The van der Waals surface area contributed by atoms with Crippen molar-refractivity contribution in [3.8, 4) is 0 Å². The Morgan fingerprint density at radius 3 is 1.35 bits per heavy atom. The highest BCUT2D eigenvalue weighted by Gasteiger charge is 2.53. The van der Waals surface area contributed by atoms with E-state index in [1.54, 1.807) is 0 Å². The highest BCUT2D eigenvalue weighted by Crippen LogP contribution is 2.32. The predicted octanol–water partition coefficient (Wildman–Crippen LogP) is -7.57. The Morgan fingerprint density at radius 1 is 0.441 bits per heavy atom. The van der Waals surface area contributed by atoms with E-state index in [0.717, 1.165) is 0 Å². The standard InChI is InChI=1S/C18H32O16/c19-1-4-7(22)8(23)12(27)17(31-4)34-15-6(3-21)32-18(13(28)10(15)25)33-14-5(2-20)30-16(29)11(26)9(14)24/h4-29H,1-3H2/t4-,5-,6-,7+,8+,9-,10-,11+,12-,13-,14-,15+,16?,17+,18+/m1/s1. The highest BCUT2D eigenvalue weighted by molar-refractivity contribution is 4.96. The predicted molar refractivity (Wildman–Crippen MR) is 101 cm³/mol. The summed E-state index contributed by atoms with van der Waals surface area (Å²) in [5.41, 5.74) is 0. The molecule has 0 aromatic rings. The Balaban J connectivity index is 1.72. The van der Waals surface area contributed by atoms with Crippen molar-refractivity contribution in [3.63, 3.8) is 0 Å². The maximum Gasteiger partial charge on any atom is 0.187 e. The largest absolute Gasteiger partial charge is 0.394 e. The summed E-state index contributed by atoms with van der Waals surface area (Å²) in [6.07, 6.45) is -25.1. The van der Waals surface area contributed by atoms with Crippen molar-refractivity contribution < 1.29 is 79.9 Å². The van der Waals surface area contributed by atoms with Gasteiger partial charge in [0.2, 0.25) is 0 Å². The van der Waals surface area contributed by atoms with Crippen LogP contribution in [0.3, 0.4) is 0 Å². The van der Waals surface area contributed by atoms with Gasteiger partial charge < -0.3 is 79.9 Å². The molecule has 3 fully saturated rings. The molecule has 3 heterocycles. The van der Waals surface area contributed by atoms with Crippen LogP contribution in [0, 0.1) is 0 Å². The Hall–Kier alpha value is -0.640. The summed E-state index contributed by atoms with van der Waals surface area (Å²) in [5.74, 6) is 0. The smallest absolute Gasteiger partial charge is 0.187 e. The lowest BCUT2D eigenvalue weighted by Crippen LogP contribution is -2.66. The number of ether oxygens (including phenoxy) is 5. The summed E-state index contributed by atoms with van der Waals surface area (Å²) in [6.45, 7) is -2.32. The van der Waals surface area contributed by atoms with Gasteiger partial charge in [-0.15, -0.1) is 0 Å². The first kappa shape index (κ1) is 27.9. The zero-order valence-electron chi connectivity index (χ0n) is 17.7. The van der Waals surface area contributed by atoms with Crippen LogP contribution in [0.4, 0.5) is 0 Å². The quantitative estimate of drug-likeness (QED) is 0.154. The van der Waals surface area contributed by atoms with Crippen molar-refractivity contribution in [3.05, 3.63) is 0 Å². The van der Waals surface area contributed by atoms with Gasteiger partial charge in [-0.3, -0.25) is 0 Å². The molecule has 0 amide bonds. The molecule has 11 N–H and O–H groups in total. The molecule has 3 aliphatic rings. The molecular formula is C18H32O16. The molecule has 0 bridgehead atoms. The van der Waals surface area contributed by atoms with E-state index in [1.807, 2.05) is 0 Å². The van der Waals surface area contributed by atoms with Crippen LogP contribution in [0.1, 0.15) is 0 Å². The molecule has 3 rings (SSSR count). The van der Waals surface area contributed by atoms with Gasteiger partial charge in [0, 0.05) is 0 Å². The van der Waals surface area contributed by atoms with Crippen molar-refractivity contribution >= 4 is 0 Å². The summed E-state index contributed by atoms with van der Waals surface area (Å²) in [6, 6.07) is 0. The molecule has 200 valence electrons. The summed E-state index contributed by atoms with van der Waals surface area (Å²) in [5, 5.41) is 109. The highest BCUT2D eigenvalue weighted by atomic mass is 16.8. The van der Waals surface area contributed by atoms with Crippen molar-refractivity contribution in [1.29, 1.82) is 0 Å². The van der Waals surface area contributed by atoms with E-state index in [1.165, 1.54) is 0 Å². The molecule has 3 aliphatic heterocycles. The summed E-state index contributed by atoms with van der Waals surface area (Å²) in [7, 11) is 0. The first-order valence-electron chi connectivity index (χ1n) is 10.6. The SMILES string of the molecule is OC[C@H]1O[C@@H](O[C@@H]2[C@H](O)[C@@H](O)[C@H](O[C@H]3[C@H](O)[C@H](O)C(O)O[C@@H]3CO)O[C@@H]2CO)[C@H](O)[C@@H](O)[C@H]1O. The fourth-order valence-corrected chi connectivity index (χ4v) is 4.06. The fourth-order valence-electron chi connectivity index (χ4n) is 4.06. The third-order valence-corrected chi connectivity index (χ3v) is 6.09. The molecule has 0 aromatic carbocycles. The van der Waals surface area contributed by atoms with Gasteiger partial charge in [-0.1, -0.05) is 0 Å².